The zero-order valence-electron chi connectivity index (χ0n) is 16.8. The Morgan fingerprint density at radius 1 is 1.26 bits per heavy atom. The van der Waals surface area contributed by atoms with Crippen molar-refractivity contribution in [1.29, 1.82) is 0 Å². The Morgan fingerprint density at radius 3 is 2.81 bits per heavy atom. The summed E-state index contributed by atoms with van der Waals surface area (Å²) in [5.74, 6) is 1.48. The van der Waals surface area contributed by atoms with Crippen molar-refractivity contribution < 1.29 is 4.74 Å². The van der Waals surface area contributed by atoms with Crippen LogP contribution >= 0.6 is 11.3 Å². The summed E-state index contributed by atoms with van der Waals surface area (Å²) in [6.45, 7) is 12.5. The zero-order chi connectivity index (χ0) is 19.2. The van der Waals surface area contributed by atoms with Gasteiger partial charge in [0.05, 0.1) is 22.4 Å². The Hall–Kier alpha value is -1.79. The predicted molar refractivity (Wildman–Crippen MR) is 113 cm³/mol. The first-order valence-electron chi connectivity index (χ1n) is 9.85. The van der Waals surface area contributed by atoms with Crippen molar-refractivity contribution in [3.05, 3.63) is 23.1 Å². The lowest BCUT2D eigenvalue weighted by molar-refractivity contribution is -0.0401. The number of hydrogen-bond acceptors (Lipinski definition) is 6. The predicted octanol–water partition coefficient (Wildman–Crippen LogP) is 5.11. The third-order valence-corrected chi connectivity index (χ3v) is 6.16. The number of nitrogens with zero attached hydrogens (tertiary/aromatic N) is 3. The van der Waals surface area contributed by atoms with Gasteiger partial charge < -0.3 is 10.1 Å². The van der Waals surface area contributed by atoms with Crippen LogP contribution in [-0.2, 0) is 24.2 Å². The summed E-state index contributed by atoms with van der Waals surface area (Å²) >= 11 is 1.71. The van der Waals surface area contributed by atoms with Crippen molar-refractivity contribution in [3.63, 3.8) is 0 Å². The fourth-order valence-corrected chi connectivity index (χ4v) is 4.89. The molecule has 0 aromatic carbocycles. The molecule has 5 nitrogen and oxygen atoms in total. The maximum atomic E-state index is 6.12. The molecular formula is C21H28N4OS. The van der Waals surface area contributed by atoms with Crippen LogP contribution in [0, 0.1) is 5.92 Å². The van der Waals surface area contributed by atoms with E-state index in [2.05, 4.69) is 49.9 Å². The normalized spacial score (nSPS) is 16.2. The highest BCUT2D eigenvalue weighted by molar-refractivity contribution is 7.26. The van der Waals surface area contributed by atoms with Crippen molar-refractivity contribution in [3.8, 4) is 0 Å². The highest BCUT2D eigenvalue weighted by Gasteiger charge is 2.31. The van der Waals surface area contributed by atoms with E-state index in [0.717, 1.165) is 46.7 Å². The first-order valence-corrected chi connectivity index (χ1v) is 10.7. The molecule has 1 aliphatic heterocycles. The van der Waals surface area contributed by atoms with Crippen molar-refractivity contribution in [2.24, 2.45) is 5.92 Å². The lowest BCUT2D eigenvalue weighted by atomic mass is 9.88. The molecule has 0 fully saturated rings. The fraction of sp³-hybridized carbons (Fsp3) is 0.571. The number of anilines is 1. The van der Waals surface area contributed by atoms with Gasteiger partial charge in [-0.3, -0.25) is 0 Å². The van der Waals surface area contributed by atoms with Crippen molar-refractivity contribution in [2.75, 3.05) is 11.9 Å². The number of ether oxygens (including phenoxy) is 1. The summed E-state index contributed by atoms with van der Waals surface area (Å²) in [5.41, 5.74) is 4.70. The lowest BCUT2D eigenvalue weighted by Crippen LogP contribution is -2.32. The van der Waals surface area contributed by atoms with Gasteiger partial charge in [-0.05, 0) is 31.7 Å². The van der Waals surface area contributed by atoms with Gasteiger partial charge in [0.15, 0.2) is 0 Å². The number of aromatic nitrogens is 3. The van der Waals surface area contributed by atoms with E-state index in [1.165, 1.54) is 22.2 Å². The Labute approximate surface area is 164 Å². The topological polar surface area (TPSA) is 59.9 Å². The van der Waals surface area contributed by atoms with Crippen LogP contribution in [-0.4, -0.2) is 27.1 Å². The number of fused-ring (bicyclic) bond motifs is 5. The Bertz CT molecular complexity index is 993. The fourth-order valence-electron chi connectivity index (χ4n) is 3.74. The van der Waals surface area contributed by atoms with Crippen LogP contribution in [0.2, 0.25) is 0 Å². The molecule has 1 N–H and O–H groups in total. The first kappa shape index (κ1) is 18.6. The molecule has 3 aromatic heterocycles. The maximum Gasteiger partial charge on any atom is 0.147 e. The van der Waals surface area contributed by atoms with Crippen LogP contribution < -0.4 is 5.32 Å². The van der Waals surface area contributed by atoms with E-state index in [-0.39, 0.29) is 5.60 Å². The summed E-state index contributed by atoms with van der Waals surface area (Å²) in [6, 6.07) is 0. The number of thiophene rings is 1. The summed E-state index contributed by atoms with van der Waals surface area (Å²) in [7, 11) is 0. The lowest BCUT2D eigenvalue weighted by Gasteiger charge is -2.33. The third-order valence-electron chi connectivity index (χ3n) is 5.08. The molecule has 4 heterocycles. The van der Waals surface area contributed by atoms with Crippen LogP contribution in [0.4, 0.5) is 5.82 Å². The molecule has 0 saturated carbocycles. The van der Waals surface area contributed by atoms with Crippen molar-refractivity contribution >= 4 is 37.6 Å². The molecule has 0 aliphatic carbocycles. The van der Waals surface area contributed by atoms with E-state index >= 15 is 0 Å². The Morgan fingerprint density at radius 2 is 2.07 bits per heavy atom. The molecule has 0 saturated heterocycles. The highest BCUT2D eigenvalue weighted by Crippen LogP contribution is 2.42. The van der Waals surface area contributed by atoms with E-state index in [1.807, 2.05) is 0 Å². The monoisotopic (exact) mass is 384 g/mol. The molecule has 0 unspecified atom stereocenters. The van der Waals surface area contributed by atoms with Gasteiger partial charge in [-0.2, -0.15) is 0 Å². The number of nitrogens with one attached hydrogen (secondary N) is 1. The molecule has 1 aliphatic rings. The van der Waals surface area contributed by atoms with Gasteiger partial charge in [0, 0.05) is 29.6 Å². The number of pyridine rings is 1. The molecule has 3 aromatic rings. The SMILES string of the molecule is CCCc1nc2sc3c(NCC(C)C)ncnc3c2c2c1COC(C)(C)C2. The van der Waals surface area contributed by atoms with E-state index in [0.29, 0.717) is 12.5 Å². The number of rotatable bonds is 5. The standard InChI is InChI=1S/C21H28N4OS/c1-6-7-15-14-10-26-21(4,5)8-13(14)16-17-18(27-20(16)25-15)19(24-11-23-17)22-9-12(2)3/h11-12H,6-10H2,1-5H3,(H,22,23,24). The number of hydrogen-bond donors (Lipinski definition) is 1. The van der Waals surface area contributed by atoms with Gasteiger partial charge in [0.1, 0.15) is 17.0 Å². The molecule has 0 radical (unpaired) electrons. The summed E-state index contributed by atoms with van der Waals surface area (Å²) in [6.07, 6.45) is 4.64. The average molecular weight is 385 g/mol. The van der Waals surface area contributed by atoms with Gasteiger partial charge in [0.25, 0.3) is 0 Å². The molecule has 0 atom stereocenters. The molecule has 27 heavy (non-hydrogen) atoms. The van der Waals surface area contributed by atoms with Crippen LogP contribution in [0.3, 0.4) is 0 Å². The zero-order valence-corrected chi connectivity index (χ0v) is 17.7. The Balaban J connectivity index is 1.96. The molecule has 0 spiro atoms. The minimum atomic E-state index is -0.162. The van der Waals surface area contributed by atoms with Gasteiger partial charge in [0.2, 0.25) is 0 Å². The molecule has 6 heteroatoms. The summed E-state index contributed by atoms with van der Waals surface area (Å²) in [5, 5.41) is 4.70. The minimum Gasteiger partial charge on any atom is -0.370 e. The maximum absolute atomic E-state index is 6.12. The van der Waals surface area contributed by atoms with Crippen molar-refractivity contribution in [1.82, 2.24) is 15.0 Å². The largest absolute Gasteiger partial charge is 0.370 e. The van der Waals surface area contributed by atoms with E-state index in [4.69, 9.17) is 9.72 Å². The van der Waals surface area contributed by atoms with Crippen LogP contribution in [0.25, 0.3) is 20.4 Å². The van der Waals surface area contributed by atoms with E-state index in [9.17, 15) is 0 Å². The molecular weight excluding hydrogens is 356 g/mol. The van der Waals surface area contributed by atoms with Crippen LogP contribution in [0.1, 0.15) is 57.9 Å². The van der Waals surface area contributed by atoms with Crippen LogP contribution in [0.15, 0.2) is 6.33 Å². The van der Waals surface area contributed by atoms with E-state index < -0.39 is 0 Å². The molecule has 0 amide bonds. The molecule has 4 rings (SSSR count). The third kappa shape index (κ3) is 3.41. The summed E-state index contributed by atoms with van der Waals surface area (Å²) in [4.78, 5) is 15.3. The van der Waals surface area contributed by atoms with Crippen molar-refractivity contribution in [2.45, 2.75) is 66.1 Å². The second kappa shape index (κ2) is 6.99. The van der Waals surface area contributed by atoms with Crippen LogP contribution in [0.5, 0.6) is 0 Å². The first-order chi connectivity index (χ1) is 12.9. The van der Waals surface area contributed by atoms with Gasteiger partial charge in [-0.25, -0.2) is 15.0 Å². The van der Waals surface area contributed by atoms with Gasteiger partial charge in [-0.1, -0.05) is 27.2 Å². The highest BCUT2D eigenvalue weighted by atomic mass is 32.1. The van der Waals surface area contributed by atoms with Gasteiger partial charge in [-0.15, -0.1) is 11.3 Å². The average Bonchev–Trinajstić information content (AvgIpc) is 2.98. The summed E-state index contributed by atoms with van der Waals surface area (Å²) < 4.78 is 7.24. The van der Waals surface area contributed by atoms with E-state index in [1.54, 1.807) is 17.7 Å². The Kier molecular flexibility index (Phi) is 4.80. The van der Waals surface area contributed by atoms with Gasteiger partial charge >= 0.3 is 0 Å². The second-order valence-corrected chi connectivity index (χ2v) is 9.45. The molecule has 0 bridgehead atoms. The quantitative estimate of drug-likeness (QED) is 0.662. The number of aryl methyl sites for hydroxylation is 1. The molecule has 144 valence electrons. The second-order valence-electron chi connectivity index (χ2n) is 8.45. The smallest absolute Gasteiger partial charge is 0.147 e. The minimum absolute atomic E-state index is 0.162.